The van der Waals surface area contributed by atoms with Crippen LogP contribution in [0.25, 0.3) is 0 Å². The van der Waals surface area contributed by atoms with Crippen molar-refractivity contribution >= 4 is 0 Å². The summed E-state index contributed by atoms with van der Waals surface area (Å²) in [6.07, 6.45) is 0. The number of benzene rings is 1. The maximum absolute atomic E-state index is 5.43. The van der Waals surface area contributed by atoms with Crippen molar-refractivity contribution in [2.75, 3.05) is 26.9 Å². The van der Waals surface area contributed by atoms with Gasteiger partial charge in [-0.05, 0) is 24.6 Å². The van der Waals surface area contributed by atoms with Gasteiger partial charge in [0.15, 0.2) is 0 Å². The first-order valence-electron chi connectivity index (χ1n) is 5.15. The summed E-state index contributed by atoms with van der Waals surface area (Å²) in [5, 5.41) is 0. The number of ether oxygens (including phenoxy) is 3. The van der Waals surface area contributed by atoms with Crippen LogP contribution in [0.2, 0.25) is 0 Å². The predicted octanol–water partition coefficient (Wildman–Crippen LogP) is 2.25. The Morgan fingerprint density at radius 1 is 1.00 bits per heavy atom. The number of hydrogen-bond acceptors (Lipinski definition) is 3. The van der Waals surface area contributed by atoms with Gasteiger partial charge < -0.3 is 14.2 Å². The molecule has 0 bridgehead atoms. The van der Waals surface area contributed by atoms with Crippen molar-refractivity contribution in [2.24, 2.45) is 0 Å². The summed E-state index contributed by atoms with van der Waals surface area (Å²) in [5.41, 5.74) is 1.15. The lowest BCUT2D eigenvalue weighted by atomic mass is 10.2. The lowest BCUT2D eigenvalue weighted by Gasteiger charge is -2.05. The SMILES string of the molecule is CCOCCOCc1ccc(OC)cc1. The van der Waals surface area contributed by atoms with Crippen molar-refractivity contribution in [1.29, 1.82) is 0 Å². The first-order chi connectivity index (χ1) is 7.36. The van der Waals surface area contributed by atoms with Crippen LogP contribution in [0.4, 0.5) is 0 Å². The molecular weight excluding hydrogens is 192 g/mol. The lowest BCUT2D eigenvalue weighted by molar-refractivity contribution is 0.0453. The van der Waals surface area contributed by atoms with Crippen LogP contribution in [0.5, 0.6) is 5.75 Å². The summed E-state index contributed by atoms with van der Waals surface area (Å²) in [6, 6.07) is 7.86. The van der Waals surface area contributed by atoms with Crippen molar-refractivity contribution in [2.45, 2.75) is 13.5 Å². The highest BCUT2D eigenvalue weighted by molar-refractivity contribution is 5.26. The first-order valence-corrected chi connectivity index (χ1v) is 5.15. The molecule has 0 heterocycles. The zero-order valence-electron chi connectivity index (χ0n) is 9.36. The van der Waals surface area contributed by atoms with E-state index in [0.29, 0.717) is 19.8 Å². The summed E-state index contributed by atoms with van der Waals surface area (Å²) in [5.74, 6) is 0.869. The Bertz CT molecular complexity index is 256. The van der Waals surface area contributed by atoms with E-state index in [-0.39, 0.29) is 0 Å². The fourth-order valence-electron chi connectivity index (χ4n) is 1.17. The highest BCUT2D eigenvalue weighted by Gasteiger charge is 1.94. The van der Waals surface area contributed by atoms with E-state index in [1.165, 1.54) is 0 Å². The van der Waals surface area contributed by atoms with Gasteiger partial charge in [0.05, 0.1) is 26.9 Å². The van der Waals surface area contributed by atoms with Gasteiger partial charge in [-0.3, -0.25) is 0 Å². The number of methoxy groups -OCH3 is 1. The molecule has 84 valence electrons. The number of hydrogen-bond donors (Lipinski definition) is 0. The normalized spacial score (nSPS) is 10.3. The molecule has 0 saturated heterocycles. The quantitative estimate of drug-likeness (QED) is 0.646. The van der Waals surface area contributed by atoms with Gasteiger partial charge in [0.25, 0.3) is 0 Å². The molecule has 3 heteroatoms. The van der Waals surface area contributed by atoms with Gasteiger partial charge in [0, 0.05) is 6.61 Å². The summed E-state index contributed by atoms with van der Waals surface area (Å²) < 4.78 is 15.7. The Balaban J connectivity index is 2.20. The minimum atomic E-state index is 0.622. The van der Waals surface area contributed by atoms with E-state index in [1.807, 2.05) is 31.2 Å². The molecule has 0 fully saturated rings. The third-order valence-corrected chi connectivity index (χ3v) is 2.00. The highest BCUT2D eigenvalue weighted by Crippen LogP contribution is 2.11. The molecule has 0 radical (unpaired) electrons. The van der Waals surface area contributed by atoms with Gasteiger partial charge in [-0.1, -0.05) is 12.1 Å². The van der Waals surface area contributed by atoms with Crippen LogP contribution in [0.3, 0.4) is 0 Å². The molecule has 0 spiro atoms. The minimum absolute atomic E-state index is 0.622. The third-order valence-electron chi connectivity index (χ3n) is 2.00. The molecule has 3 nitrogen and oxygen atoms in total. The monoisotopic (exact) mass is 210 g/mol. The van der Waals surface area contributed by atoms with Crippen LogP contribution in [0.1, 0.15) is 12.5 Å². The molecule has 0 aliphatic rings. The van der Waals surface area contributed by atoms with E-state index in [0.717, 1.165) is 17.9 Å². The second kappa shape index (κ2) is 7.26. The third kappa shape index (κ3) is 4.81. The Kier molecular flexibility index (Phi) is 5.81. The molecule has 0 aromatic heterocycles. The van der Waals surface area contributed by atoms with E-state index in [9.17, 15) is 0 Å². The van der Waals surface area contributed by atoms with Crippen LogP contribution in [0.15, 0.2) is 24.3 Å². The Labute approximate surface area is 91.0 Å². The van der Waals surface area contributed by atoms with E-state index in [4.69, 9.17) is 14.2 Å². The van der Waals surface area contributed by atoms with Crippen molar-refractivity contribution in [3.05, 3.63) is 29.8 Å². The molecule has 0 unspecified atom stereocenters. The van der Waals surface area contributed by atoms with Gasteiger partial charge in [-0.2, -0.15) is 0 Å². The maximum atomic E-state index is 5.43. The second-order valence-corrected chi connectivity index (χ2v) is 3.10. The minimum Gasteiger partial charge on any atom is -0.497 e. The molecule has 0 saturated carbocycles. The predicted molar refractivity (Wildman–Crippen MR) is 59.1 cm³/mol. The smallest absolute Gasteiger partial charge is 0.118 e. The Hall–Kier alpha value is -1.06. The standard InChI is InChI=1S/C12H18O3/c1-3-14-8-9-15-10-11-4-6-12(13-2)7-5-11/h4-7H,3,8-10H2,1-2H3. The van der Waals surface area contributed by atoms with Gasteiger partial charge in [0.1, 0.15) is 5.75 Å². The average molecular weight is 210 g/mol. The lowest BCUT2D eigenvalue weighted by Crippen LogP contribution is -2.03. The van der Waals surface area contributed by atoms with Crippen LogP contribution >= 0.6 is 0 Å². The van der Waals surface area contributed by atoms with Crippen LogP contribution in [-0.4, -0.2) is 26.9 Å². The zero-order valence-corrected chi connectivity index (χ0v) is 9.36. The number of rotatable bonds is 7. The fraction of sp³-hybridized carbons (Fsp3) is 0.500. The topological polar surface area (TPSA) is 27.7 Å². The van der Waals surface area contributed by atoms with Crippen molar-refractivity contribution in [3.63, 3.8) is 0 Å². The highest BCUT2D eigenvalue weighted by atomic mass is 16.5. The molecule has 0 aliphatic carbocycles. The van der Waals surface area contributed by atoms with Gasteiger partial charge in [0.2, 0.25) is 0 Å². The van der Waals surface area contributed by atoms with Crippen molar-refractivity contribution in [3.8, 4) is 5.75 Å². The van der Waals surface area contributed by atoms with Crippen LogP contribution < -0.4 is 4.74 Å². The fourth-order valence-corrected chi connectivity index (χ4v) is 1.17. The largest absolute Gasteiger partial charge is 0.497 e. The van der Waals surface area contributed by atoms with Crippen molar-refractivity contribution < 1.29 is 14.2 Å². The summed E-state index contributed by atoms with van der Waals surface area (Å²) in [4.78, 5) is 0. The van der Waals surface area contributed by atoms with Crippen LogP contribution in [-0.2, 0) is 16.1 Å². The van der Waals surface area contributed by atoms with Gasteiger partial charge >= 0.3 is 0 Å². The molecule has 15 heavy (non-hydrogen) atoms. The molecule has 1 rings (SSSR count). The van der Waals surface area contributed by atoms with E-state index < -0.39 is 0 Å². The summed E-state index contributed by atoms with van der Waals surface area (Å²) in [7, 11) is 1.66. The maximum Gasteiger partial charge on any atom is 0.118 e. The summed E-state index contributed by atoms with van der Waals surface area (Å²) >= 11 is 0. The van der Waals surface area contributed by atoms with Gasteiger partial charge in [-0.15, -0.1) is 0 Å². The Morgan fingerprint density at radius 2 is 1.67 bits per heavy atom. The Morgan fingerprint density at radius 3 is 2.27 bits per heavy atom. The molecule has 0 aliphatic heterocycles. The molecule has 0 atom stereocenters. The molecule has 1 aromatic carbocycles. The molecular formula is C12H18O3. The van der Waals surface area contributed by atoms with Crippen LogP contribution in [0, 0.1) is 0 Å². The van der Waals surface area contributed by atoms with Crippen molar-refractivity contribution in [1.82, 2.24) is 0 Å². The van der Waals surface area contributed by atoms with Gasteiger partial charge in [-0.25, -0.2) is 0 Å². The van der Waals surface area contributed by atoms with E-state index in [1.54, 1.807) is 7.11 Å². The van der Waals surface area contributed by atoms with E-state index in [2.05, 4.69) is 0 Å². The first kappa shape index (κ1) is 12.0. The second-order valence-electron chi connectivity index (χ2n) is 3.10. The molecule has 1 aromatic rings. The average Bonchev–Trinajstić information content (AvgIpc) is 2.30. The van der Waals surface area contributed by atoms with E-state index >= 15 is 0 Å². The summed E-state index contributed by atoms with van der Waals surface area (Å²) in [6.45, 7) is 4.64. The molecule has 0 amide bonds. The zero-order chi connectivity index (χ0) is 10.9. The molecule has 0 N–H and O–H groups in total.